The molecule has 0 saturated carbocycles. The minimum Gasteiger partial charge on any atom is -1.00 e. The van der Waals surface area contributed by atoms with Crippen molar-refractivity contribution in [2.45, 2.75) is 20.0 Å². The summed E-state index contributed by atoms with van der Waals surface area (Å²) in [7, 11) is 0. The van der Waals surface area contributed by atoms with E-state index in [0.717, 1.165) is 0 Å². The van der Waals surface area contributed by atoms with Crippen LogP contribution in [-0.2, 0) is 0 Å². The van der Waals surface area contributed by atoms with Crippen molar-refractivity contribution in [3.8, 4) is 0 Å². The second-order valence-electron chi connectivity index (χ2n) is 1.09. The van der Waals surface area contributed by atoms with Crippen LogP contribution in [0.15, 0.2) is 0 Å². The predicted octanol–water partition coefficient (Wildman–Crippen LogP) is -2.50. The summed E-state index contributed by atoms with van der Waals surface area (Å²) in [4.78, 5) is 0. The third-order valence-corrected chi connectivity index (χ3v) is 0. The summed E-state index contributed by atoms with van der Waals surface area (Å²) in [6.07, 6.45) is -0.167. The molecule has 0 fully saturated rings. The minimum absolute atomic E-state index is 0. The molecular weight excluding hydrogens is 138 g/mol. The standard InChI is InChI=1S/C3H8O.Rb.H/c1-3(2)4;;/h3-4H,1-2H3;;/q;+1;-1. The Bertz CT molecular complexity index is 15.5. The van der Waals surface area contributed by atoms with Gasteiger partial charge in [0.15, 0.2) is 0 Å². The van der Waals surface area contributed by atoms with Gasteiger partial charge in [-0.2, -0.15) is 0 Å². The van der Waals surface area contributed by atoms with E-state index in [1.165, 1.54) is 0 Å². The average molecular weight is 147 g/mol. The number of aliphatic hydroxyl groups excluding tert-OH is 1. The van der Waals surface area contributed by atoms with E-state index < -0.39 is 0 Å². The second-order valence-corrected chi connectivity index (χ2v) is 1.09. The molecule has 0 spiro atoms. The maximum Gasteiger partial charge on any atom is 1.00 e. The molecule has 0 unspecified atom stereocenters. The van der Waals surface area contributed by atoms with Crippen molar-refractivity contribution in [1.29, 1.82) is 0 Å². The van der Waals surface area contributed by atoms with Crippen molar-refractivity contribution >= 4 is 0 Å². The normalized spacial score (nSPS) is 7.20. The summed E-state index contributed by atoms with van der Waals surface area (Å²) in [6.45, 7) is 3.44. The van der Waals surface area contributed by atoms with E-state index in [4.69, 9.17) is 5.11 Å². The van der Waals surface area contributed by atoms with Crippen molar-refractivity contribution < 1.29 is 64.7 Å². The van der Waals surface area contributed by atoms with E-state index in [2.05, 4.69) is 0 Å². The Morgan fingerprint density at radius 1 is 1.60 bits per heavy atom. The number of hydrogen-bond acceptors (Lipinski definition) is 1. The summed E-state index contributed by atoms with van der Waals surface area (Å²) in [5.41, 5.74) is 0. The molecule has 0 aliphatic carbocycles. The van der Waals surface area contributed by atoms with E-state index in [1.54, 1.807) is 13.8 Å². The van der Waals surface area contributed by atoms with E-state index in [1.807, 2.05) is 0 Å². The van der Waals surface area contributed by atoms with Gasteiger partial charge in [-0.15, -0.1) is 0 Å². The predicted molar refractivity (Wildman–Crippen MR) is 18.5 cm³/mol. The van der Waals surface area contributed by atoms with Crippen LogP contribution in [0.25, 0.3) is 0 Å². The average Bonchev–Trinajstić information content (AvgIpc) is 0.811. The zero-order valence-electron chi connectivity index (χ0n) is 5.02. The first-order valence-corrected chi connectivity index (χ1v) is 1.41. The second kappa shape index (κ2) is 5.77. The zero-order chi connectivity index (χ0) is 3.58. The fourth-order valence-electron chi connectivity index (χ4n) is 0. The van der Waals surface area contributed by atoms with Gasteiger partial charge in [-0.3, -0.25) is 0 Å². The van der Waals surface area contributed by atoms with Crippen molar-refractivity contribution in [2.24, 2.45) is 0 Å². The molecule has 0 saturated heterocycles. The van der Waals surface area contributed by atoms with Crippen LogP contribution in [-0.4, -0.2) is 11.2 Å². The number of hydrogen-bond donors (Lipinski definition) is 1. The van der Waals surface area contributed by atoms with Crippen molar-refractivity contribution in [1.82, 2.24) is 0 Å². The quantitative estimate of drug-likeness (QED) is 0.401. The first-order valence-electron chi connectivity index (χ1n) is 1.41. The Hall–Kier alpha value is 1.77. The molecule has 0 atom stereocenters. The van der Waals surface area contributed by atoms with Gasteiger partial charge in [-0.25, -0.2) is 0 Å². The number of rotatable bonds is 0. The molecule has 5 heavy (non-hydrogen) atoms. The van der Waals surface area contributed by atoms with Gasteiger partial charge in [0.1, 0.15) is 0 Å². The van der Waals surface area contributed by atoms with Crippen molar-refractivity contribution in [3.05, 3.63) is 0 Å². The zero-order valence-corrected chi connectivity index (χ0v) is 8.94. The molecule has 2 heteroatoms. The number of aliphatic hydroxyl groups is 1. The van der Waals surface area contributed by atoms with E-state index in [-0.39, 0.29) is 65.7 Å². The molecule has 1 nitrogen and oxygen atoms in total. The smallest absolute Gasteiger partial charge is 1.00 e. The first-order chi connectivity index (χ1) is 1.73. The van der Waals surface area contributed by atoms with Crippen LogP contribution >= 0.6 is 0 Å². The molecule has 0 bridgehead atoms. The summed E-state index contributed by atoms with van der Waals surface area (Å²) < 4.78 is 0. The fourth-order valence-corrected chi connectivity index (χ4v) is 0. The Kier molecular flexibility index (Phi) is 11.4. The van der Waals surface area contributed by atoms with Crippen molar-refractivity contribution in [2.75, 3.05) is 0 Å². The Balaban J connectivity index is -0.0000000450. The topological polar surface area (TPSA) is 20.2 Å². The molecule has 0 aromatic carbocycles. The van der Waals surface area contributed by atoms with Gasteiger partial charge < -0.3 is 6.53 Å². The van der Waals surface area contributed by atoms with Gasteiger partial charge in [-0.05, 0) is 13.8 Å². The van der Waals surface area contributed by atoms with Gasteiger partial charge in [0.2, 0.25) is 0 Å². The Labute approximate surface area is 83.0 Å². The van der Waals surface area contributed by atoms with Gasteiger partial charge in [-0.1, -0.05) is 0 Å². The molecule has 0 aliphatic heterocycles. The van der Waals surface area contributed by atoms with Gasteiger partial charge >= 0.3 is 58.2 Å². The molecule has 0 rings (SSSR count). The van der Waals surface area contributed by atoms with Crippen LogP contribution in [0.4, 0.5) is 0 Å². The molecule has 0 radical (unpaired) electrons. The van der Waals surface area contributed by atoms with Gasteiger partial charge in [0.05, 0.1) is 0 Å². The molecule has 0 amide bonds. The van der Waals surface area contributed by atoms with Crippen LogP contribution in [0.1, 0.15) is 15.3 Å². The summed E-state index contributed by atoms with van der Waals surface area (Å²) in [5, 5.41) is 8.06. The Morgan fingerprint density at radius 3 is 1.60 bits per heavy atom. The molecule has 0 aromatic rings. The van der Waals surface area contributed by atoms with Gasteiger partial charge in [0.25, 0.3) is 0 Å². The van der Waals surface area contributed by atoms with Crippen LogP contribution in [0.2, 0.25) is 0 Å². The molecule has 28 valence electrons. The third kappa shape index (κ3) is 26.2. The molecule has 1 N–H and O–H groups in total. The molecule has 0 heterocycles. The maximum absolute atomic E-state index is 8.06. The summed E-state index contributed by atoms with van der Waals surface area (Å²) >= 11 is 0. The summed E-state index contributed by atoms with van der Waals surface area (Å²) in [5.74, 6) is 0. The maximum atomic E-state index is 8.06. The minimum atomic E-state index is -0.167. The van der Waals surface area contributed by atoms with Crippen LogP contribution in [0, 0.1) is 0 Å². The largest absolute Gasteiger partial charge is 1.00 e. The summed E-state index contributed by atoms with van der Waals surface area (Å²) in [6, 6.07) is 0. The van der Waals surface area contributed by atoms with Crippen LogP contribution in [0.5, 0.6) is 0 Å². The molecule has 0 aliphatic rings. The van der Waals surface area contributed by atoms with Crippen LogP contribution in [0.3, 0.4) is 0 Å². The van der Waals surface area contributed by atoms with E-state index in [9.17, 15) is 0 Å². The van der Waals surface area contributed by atoms with E-state index in [0.29, 0.717) is 0 Å². The third-order valence-electron chi connectivity index (χ3n) is 0. The molecular formula is C3H9ORb. The monoisotopic (exact) mass is 146 g/mol. The fraction of sp³-hybridized carbons (Fsp3) is 1.00. The van der Waals surface area contributed by atoms with Crippen molar-refractivity contribution in [3.63, 3.8) is 0 Å². The first kappa shape index (κ1) is 9.90. The van der Waals surface area contributed by atoms with Gasteiger partial charge in [0, 0.05) is 6.10 Å². The molecule has 0 aromatic heterocycles. The van der Waals surface area contributed by atoms with Crippen LogP contribution < -0.4 is 58.2 Å². The van der Waals surface area contributed by atoms with E-state index >= 15 is 0 Å². The SMILES string of the molecule is CC(C)O.[H-].[Rb+]. The Morgan fingerprint density at radius 2 is 1.60 bits per heavy atom.